The van der Waals surface area contributed by atoms with E-state index in [1.165, 1.54) is 12.1 Å². The molecule has 0 bridgehead atoms. The molecule has 0 aliphatic carbocycles. The van der Waals surface area contributed by atoms with Crippen LogP contribution in [0.5, 0.6) is 17.2 Å². The van der Waals surface area contributed by atoms with Crippen LogP contribution in [0.25, 0.3) is 0 Å². The first-order valence-electron chi connectivity index (χ1n) is 16.0. The van der Waals surface area contributed by atoms with Gasteiger partial charge in [-0.3, -0.25) is 14.4 Å². The van der Waals surface area contributed by atoms with Crippen LogP contribution in [0.1, 0.15) is 56.0 Å². The molecule has 2 N–H and O–H groups in total. The van der Waals surface area contributed by atoms with Gasteiger partial charge >= 0.3 is 0 Å². The van der Waals surface area contributed by atoms with Crippen LogP contribution in [0, 0.1) is 5.92 Å². The Morgan fingerprint density at radius 2 is 1.87 bits per heavy atom. The Morgan fingerprint density at radius 3 is 2.64 bits per heavy atom. The number of nitrogens with zero attached hydrogens (tertiary/aromatic N) is 2. The first-order valence-corrected chi connectivity index (χ1v) is 18.4. The van der Waals surface area contributed by atoms with E-state index in [0.717, 1.165) is 47.7 Å². The normalized spacial score (nSPS) is 21.5. The molecule has 2 aliphatic heterocycles. The highest BCUT2D eigenvalue weighted by Gasteiger charge is 2.31. The number of ether oxygens (including phenoxy) is 4. The largest absolute Gasteiger partial charge is 0.490 e. The number of hydrogen-bond donors (Lipinski definition) is 2. The van der Waals surface area contributed by atoms with E-state index in [1.54, 1.807) is 35.4 Å². The minimum Gasteiger partial charge on any atom is -0.490 e. The van der Waals surface area contributed by atoms with Crippen LogP contribution in [-0.2, 0) is 21.3 Å². The fourth-order valence-corrected chi connectivity index (χ4v) is 7.84. The third-order valence-electron chi connectivity index (χ3n) is 8.44. The summed E-state index contributed by atoms with van der Waals surface area (Å²) in [6.45, 7) is 7.97. The summed E-state index contributed by atoms with van der Waals surface area (Å²) in [5.41, 5.74) is 1.57. The molecule has 5 rings (SSSR count). The Hall–Kier alpha value is -3.36. The van der Waals surface area contributed by atoms with Crippen molar-refractivity contribution in [1.82, 2.24) is 9.80 Å². The van der Waals surface area contributed by atoms with E-state index in [4.69, 9.17) is 18.9 Å². The molecular weight excluding hydrogens is 643 g/mol. The van der Waals surface area contributed by atoms with Gasteiger partial charge < -0.3 is 29.0 Å². The SMILES string of the molecule is C[C@@H]1CN([C@@H](C)CO)C(=O)c2cc(NS(=O)(=O)c3cccs3)ccc2O[C@@H](C)CCCCO[C@@H]1CN(C)Cc1ccc2c(c1)OCO2. The van der Waals surface area contributed by atoms with Crippen LogP contribution >= 0.6 is 11.3 Å². The number of nitrogens with one attached hydrogen (secondary N) is 1. The van der Waals surface area contributed by atoms with Gasteiger partial charge in [-0.2, -0.15) is 0 Å². The molecule has 3 heterocycles. The van der Waals surface area contributed by atoms with Gasteiger partial charge in [0, 0.05) is 37.8 Å². The molecule has 47 heavy (non-hydrogen) atoms. The first-order chi connectivity index (χ1) is 22.5. The number of carbonyl (C=O) groups is 1. The van der Waals surface area contributed by atoms with E-state index in [9.17, 15) is 18.3 Å². The Bertz CT molecular complexity index is 1600. The number of thiophene rings is 1. The first kappa shape index (κ1) is 35.0. The maximum absolute atomic E-state index is 14.4. The number of sulfonamides is 1. The zero-order valence-corrected chi connectivity index (χ0v) is 29.0. The number of likely N-dealkylation sites (N-methyl/N-ethyl adjacent to an activating group) is 1. The number of fused-ring (bicyclic) bond motifs is 2. The van der Waals surface area contributed by atoms with Crippen molar-refractivity contribution in [1.29, 1.82) is 0 Å². The summed E-state index contributed by atoms with van der Waals surface area (Å²) in [6, 6.07) is 13.4. The molecule has 11 nitrogen and oxygen atoms in total. The Balaban J connectivity index is 1.40. The highest BCUT2D eigenvalue weighted by Crippen LogP contribution is 2.33. The van der Waals surface area contributed by atoms with E-state index in [1.807, 2.05) is 32.2 Å². The van der Waals surface area contributed by atoms with Crippen molar-refractivity contribution in [2.24, 2.45) is 5.92 Å². The van der Waals surface area contributed by atoms with Crippen LogP contribution in [-0.4, -0.2) is 87.6 Å². The van der Waals surface area contributed by atoms with Gasteiger partial charge in [0.05, 0.1) is 30.4 Å². The summed E-state index contributed by atoms with van der Waals surface area (Å²) >= 11 is 1.11. The van der Waals surface area contributed by atoms with Gasteiger partial charge in [0.25, 0.3) is 15.9 Å². The van der Waals surface area contributed by atoms with Crippen LogP contribution in [0.15, 0.2) is 58.1 Å². The van der Waals surface area contributed by atoms with Crippen LogP contribution in [0.4, 0.5) is 5.69 Å². The molecule has 13 heteroatoms. The van der Waals surface area contributed by atoms with Gasteiger partial charge in [-0.05, 0) is 87.5 Å². The number of aliphatic hydroxyl groups is 1. The second kappa shape index (κ2) is 15.7. The van der Waals surface area contributed by atoms with Crippen molar-refractivity contribution in [3.8, 4) is 17.2 Å². The van der Waals surface area contributed by atoms with Crippen molar-refractivity contribution in [3.05, 3.63) is 65.0 Å². The molecule has 0 unspecified atom stereocenters. The molecule has 2 aliphatic rings. The number of rotatable bonds is 9. The zero-order chi connectivity index (χ0) is 33.6. The molecule has 4 atom stereocenters. The van der Waals surface area contributed by atoms with Gasteiger partial charge in [0.1, 0.15) is 9.96 Å². The van der Waals surface area contributed by atoms with Gasteiger partial charge in [-0.1, -0.05) is 19.1 Å². The van der Waals surface area contributed by atoms with Crippen LogP contribution in [0.3, 0.4) is 0 Å². The topological polar surface area (TPSA) is 127 Å². The quantitative estimate of drug-likeness (QED) is 0.312. The molecular formula is C34H45N3O8S2. The number of benzene rings is 2. The molecule has 0 spiro atoms. The fourth-order valence-electron chi connectivity index (χ4n) is 5.79. The van der Waals surface area contributed by atoms with E-state index in [2.05, 4.69) is 16.5 Å². The minimum atomic E-state index is -3.83. The summed E-state index contributed by atoms with van der Waals surface area (Å²) in [7, 11) is -1.79. The summed E-state index contributed by atoms with van der Waals surface area (Å²) < 4.78 is 52.5. The Morgan fingerprint density at radius 1 is 1.09 bits per heavy atom. The van der Waals surface area contributed by atoms with Gasteiger partial charge in [0.15, 0.2) is 11.5 Å². The Labute approximate surface area is 281 Å². The van der Waals surface area contributed by atoms with Crippen molar-refractivity contribution in [2.45, 2.75) is 69.0 Å². The van der Waals surface area contributed by atoms with Crippen LogP contribution < -0.4 is 18.9 Å². The van der Waals surface area contributed by atoms with Crippen molar-refractivity contribution >= 4 is 33.0 Å². The van der Waals surface area contributed by atoms with E-state index in [-0.39, 0.29) is 52.9 Å². The summed E-state index contributed by atoms with van der Waals surface area (Å²) in [5.74, 6) is 1.40. The monoisotopic (exact) mass is 687 g/mol. The number of anilines is 1. The van der Waals surface area contributed by atoms with Gasteiger partial charge in [0.2, 0.25) is 6.79 Å². The number of amides is 1. The predicted molar refractivity (Wildman–Crippen MR) is 181 cm³/mol. The molecule has 3 aromatic rings. The maximum atomic E-state index is 14.4. The molecule has 1 amide bonds. The maximum Gasteiger partial charge on any atom is 0.271 e. The predicted octanol–water partition coefficient (Wildman–Crippen LogP) is 5.21. The van der Waals surface area contributed by atoms with E-state index < -0.39 is 16.1 Å². The number of hydrogen-bond acceptors (Lipinski definition) is 10. The minimum absolute atomic E-state index is 0.0982. The fraction of sp³-hybridized carbons (Fsp3) is 0.500. The highest BCUT2D eigenvalue weighted by atomic mass is 32.2. The van der Waals surface area contributed by atoms with E-state index in [0.29, 0.717) is 32.0 Å². The lowest BCUT2D eigenvalue weighted by Crippen LogP contribution is -2.47. The zero-order valence-electron chi connectivity index (χ0n) is 27.4. The summed E-state index contributed by atoms with van der Waals surface area (Å²) in [5, 5.41) is 11.9. The lowest BCUT2D eigenvalue weighted by molar-refractivity contribution is -0.0177. The second-order valence-electron chi connectivity index (χ2n) is 12.4. The molecule has 0 fully saturated rings. The third kappa shape index (κ3) is 8.96. The smallest absolute Gasteiger partial charge is 0.271 e. The summed E-state index contributed by atoms with van der Waals surface area (Å²) in [4.78, 5) is 18.2. The number of carbonyl (C=O) groups excluding carboxylic acids is 1. The molecule has 256 valence electrons. The molecule has 0 radical (unpaired) electrons. The average Bonchev–Trinajstić information content (AvgIpc) is 3.75. The lowest BCUT2D eigenvalue weighted by Gasteiger charge is -2.36. The standard InChI is InChI=1S/C34H45N3O8S2/c1-23-18-37(24(2)21-38)34(39)28-17-27(35-47(40,41)33-9-7-15-46-33)11-13-29(28)45-25(3)8-5-6-14-42-32(23)20-36(4)19-26-10-12-30-31(16-26)44-22-43-30/h7,9-13,15-17,23-25,32,35,38H,5-6,8,14,18-22H2,1-4H3/t23-,24+,25+,32-/m1/s1. The second-order valence-corrected chi connectivity index (χ2v) is 15.3. The van der Waals surface area contributed by atoms with Crippen molar-refractivity contribution in [2.75, 3.05) is 44.9 Å². The van der Waals surface area contributed by atoms with Gasteiger partial charge in [-0.15, -0.1) is 11.3 Å². The van der Waals surface area contributed by atoms with Crippen LogP contribution in [0.2, 0.25) is 0 Å². The molecule has 0 saturated carbocycles. The molecule has 0 saturated heterocycles. The lowest BCUT2D eigenvalue weighted by atomic mass is 10.0. The average molecular weight is 688 g/mol. The van der Waals surface area contributed by atoms with Crippen molar-refractivity contribution in [3.63, 3.8) is 0 Å². The number of aliphatic hydroxyl groups excluding tert-OH is 1. The molecule has 2 aromatic carbocycles. The third-order valence-corrected chi connectivity index (χ3v) is 11.2. The van der Waals surface area contributed by atoms with Crippen molar-refractivity contribution < 1.29 is 37.3 Å². The van der Waals surface area contributed by atoms with Gasteiger partial charge in [-0.25, -0.2) is 8.42 Å². The summed E-state index contributed by atoms with van der Waals surface area (Å²) in [6.07, 6.45) is 2.10. The Kier molecular flexibility index (Phi) is 11.7. The van der Waals surface area contributed by atoms with E-state index >= 15 is 0 Å². The molecule has 1 aromatic heterocycles. The highest BCUT2D eigenvalue weighted by molar-refractivity contribution is 7.94.